The third-order valence-corrected chi connectivity index (χ3v) is 5.80. The SMILES string of the molecule is CCn1c(=NC(=O)c2ccc(Cl)s2)sc2c(OC)ccc(OC)c21. The summed E-state index contributed by atoms with van der Waals surface area (Å²) >= 11 is 8.52. The average Bonchev–Trinajstić information content (AvgIpc) is 3.17. The summed E-state index contributed by atoms with van der Waals surface area (Å²) in [6.07, 6.45) is 0. The molecular formula is C16H15ClN2O3S2. The number of benzene rings is 1. The van der Waals surface area contributed by atoms with Gasteiger partial charge in [-0.3, -0.25) is 4.79 Å². The summed E-state index contributed by atoms with van der Waals surface area (Å²) in [5.41, 5.74) is 0.875. The van der Waals surface area contributed by atoms with Gasteiger partial charge in [-0.05, 0) is 31.2 Å². The molecule has 0 aliphatic heterocycles. The molecule has 24 heavy (non-hydrogen) atoms. The van der Waals surface area contributed by atoms with Gasteiger partial charge in [0, 0.05) is 6.54 Å². The number of fused-ring (bicyclic) bond motifs is 1. The van der Waals surface area contributed by atoms with Crippen molar-refractivity contribution in [3.63, 3.8) is 0 Å². The number of carbonyl (C=O) groups is 1. The molecule has 0 fully saturated rings. The van der Waals surface area contributed by atoms with Crippen molar-refractivity contribution in [1.82, 2.24) is 4.57 Å². The van der Waals surface area contributed by atoms with Crippen LogP contribution in [0.15, 0.2) is 29.3 Å². The predicted molar refractivity (Wildman–Crippen MR) is 97.8 cm³/mol. The Morgan fingerprint density at radius 2 is 1.88 bits per heavy atom. The quantitative estimate of drug-likeness (QED) is 0.679. The lowest BCUT2D eigenvalue weighted by Crippen LogP contribution is -2.15. The standard InChI is InChI=1S/C16H15ClN2O3S2/c1-4-19-13-9(21-2)5-6-10(22-3)14(13)24-16(19)18-15(20)11-7-8-12(17)23-11/h5-8H,4H2,1-3H3. The van der Waals surface area contributed by atoms with E-state index in [0.29, 0.717) is 20.6 Å². The Morgan fingerprint density at radius 1 is 1.17 bits per heavy atom. The molecule has 3 rings (SSSR count). The van der Waals surface area contributed by atoms with Crippen LogP contribution in [0.1, 0.15) is 16.6 Å². The number of aromatic nitrogens is 1. The molecule has 0 aliphatic rings. The molecule has 0 bridgehead atoms. The second-order valence-corrected chi connectivity index (χ2v) is 7.49. The Morgan fingerprint density at radius 3 is 2.46 bits per heavy atom. The smallest absolute Gasteiger partial charge is 0.289 e. The zero-order valence-electron chi connectivity index (χ0n) is 13.3. The van der Waals surface area contributed by atoms with Gasteiger partial charge in [-0.1, -0.05) is 22.9 Å². The number of thiophene rings is 1. The number of hydrogen-bond acceptors (Lipinski definition) is 5. The molecule has 8 heteroatoms. The molecule has 5 nitrogen and oxygen atoms in total. The minimum absolute atomic E-state index is 0.307. The molecular weight excluding hydrogens is 368 g/mol. The molecule has 0 unspecified atom stereocenters. The van der Waals surface area contributed by atoms with Gasteiger partial charge in [0.25, 0.3) is 5.91 Å². The number of halogens is 1. The summed E-state index contributed by atoms with van der Waals surface area (Å²) < 4.78 is 14.3. The van der Waals surface area contributed by atoms with Crippen molar-refractivity contribution in [3.8, 4) is 11.5 Å². The van der Waals surface area contributed by atoms with Crippen LogP contribution in [0.25, 0.3) is 10.2 Å². The Labute approximate surface area is 151 Å². The van der Waals surface area contributed by atoms with Gasteiger partial charge in [0.2, 0.25) is 0 Å². The third kappa shape index (κ3) is 2.94. The topological polar surface area (TPSA) is 52.8 Å². The molecule has 0 spiro atoms. The monoisotopic (exact) mass is 382 g/mol. The second kappa shape index (κ2) is 6.96. The maximum Gasteiger partial charge on any atom is 0.289 e. The first-order chi connectivity index (χ1) is 11.6. The molecule has 1 aromatic carbocycles. The molecule has 0 atom stereocenters. The molecule has 1 amide bonds. The highest BCUT2D eigenvalue weighted by molar-refractivity contribution is 7.18. The maximum absolute atomic E-state index is 12.4. The van der Waals surface area contributed by atoms with Crippen LogP contribution in [0.4, 0.5) is 0 Å². The number of thiazole rings is 1. The van der Waals surface area contributed by atoms with E-state index in [1.165, 1.54) is 22.7 Å². The van der Waals surface area contributed by atoms with Gasteiger partial charge >= 0.3 is 0 Å². The first-order valence-corrected chi connectivity index (χ1v) is 9.18. The molecule has 2 aromatic heterocycles. The Balaban J connectivity index is 2.24. The van der Waals surface area contributed by atoms with Gasteiger partial charge in [0.05, 0.1) is 23.4 Å². The highest BCUT2D eigenvalue weighted by Gasteiger charge is 2.16. The normalized spacial score (nSPS) is 11.9. The summed E-state index contributed by atoms with van der Waals surface area (Å²) in [5, 5.41) is 0. The molecule has 0 saturated heterocycles. The van der Waals surface area contributed by atoms with Crippen molar-refractivity contribution in [2.24, 2.45) is 4.99 Å². The third-order valence-electron chi connectivity index (χ3n) is 3.49. The number of ether oxygens (including phenoxy) is 2. The number of nitrogens with zero attached hydrogens (tertiary/aromatic N) is 2. The maximum atomic E-state index is 12.4. The Bertz CT molecular complexity index is 972. The fourth-order valence-electron chi connectivity index (χ4n) is 2.40. The van der Waals surface area contributed by atoms with Gasteiger partial charge in [-0.15, -0.1) is 11.3 Å². The fourth-order valence-corrected chi connectivity index (χ4v) is 4.53. The predicted octanol–water partition coefficient (Wildman–Crippen LogP) is 4.20. The van der Waals surface area contributed by atoms with Gasteiger partial charge in [-0.25, -0.2) is 0 Å². The van der Waals surface area contributed by atoms with Gasteiger partial charge in [0.15, 0.2) is 4.80 Å². The van der Waals surface area contributed by atoms with E-state index in [2.05, 4.69) is 4.99 Å². The van der Waals surface area contributed by atoms with Crippen molar-refractivity contribution in [2.45, 2.75) is 13.5 Å². The van der Waals surface area contributed by atoms with E-state index < -0.39 is 0 Å². The zero-order chi connectivity index (χ0) is 17.3. The van der Waals surface area contributed by atoms with Crippen LogP contribution in [-0.4, -0.2) is 24.7 Å². The lowest BCUT2D eigenvalue weighted by Gasteiger charge is -2.08. The molecule has 3 aromatic rings. The minimum atomic E-state index is -0.307. The molecule has 0 aliphatic carbocycles. The first kappa shape index (κ1) is 17.0. The van der Waals surface area contributed by atoms with E-state index >= 15 is 0 Å². The largest absolute Gasteiger partial charge is 0.495 e. The van der Waals surface area contributed by atoms with E-state index in [4.69, 9.17) is 21.1 Å². The molecule has 2 heterocycles. The number of hydrogen-bond donors (Lipinski definition) is 0. The molecule has 0 radical (unpaired) electrons. The van der Waals surface area contributed by atoms with E-state index in [-0.39, 0.29) is 5.91 Å². The number of amides is 1. The van der Waals surface area contributed by atoms with E-state index in [1.807, 2.05) is 23.6 Å². The Hall–Kier alpha value is -1.83. The lowest BCUT2D eigenvalue weighted by molar-refractivity contribution is 0.100. The molecule has 0 saturated carbocycles. The fraction of sp³-hybridized carbons (Fsp3) is 0.250. The van der Waals surface area contributed by atoms with Crippen LogP contribution in [0.3, 0.4) is 0 Å². The summed E-state index contributed by atoms with van der Waals surface area (Å²) in [6, 6.07) is 7.08. The van der Waals surface area contributed by atoms with Crippen LogP contribution in [0.5, 0.6) is 11.5 Å². The van der Waals surface area contributed by atoms with Crippen LogP contribution >= 0.6 is 34.3 Å². The first-order valence-electron chi connectivity index (χ1n) is 7.17. The minimum Gasteiger partial charge on any atom is -0.495 e. The average molecular weight is 383 g/mol. The van der Waals surface area contributed by atoms with Gasteiger partial charge in [0.1, 0.15) is 21.7 Å². The number of rotatable bonds is 4. The van der Waals surface area contributed by atoms with Crippen molar-refractivity contribution in [3.05, 3.63) is 38.3 Å². The van der Waals surface area contributed by atoms with Crippen LogP contribution in [-0.2, 0) is 6.54 Å². The van der Waals surface area contributed by atoms with Gasteiger partial charge < -0.3 is 14.0 Å². The number of methoxy groups -OCH3 is 2. The van der Waals surface area contributed by atoms with Crippen LogP contribution in [0.2, 0.25) is 4.34 Å². The van der Waals surface area contributed by atoms with Crippen molar-refractivity contribution < 1.29 is 14.3 Å². The number of carbonyl (C=O) groups excluding carboxylic acids is 1. The van der Waals surface area contributed by atoms with Crippen molar-refractivity contribution in [2.75, 3.05) is 14.2 Å². The summed E-state index contributed by atoms with van der Waals surface area (Å²) in [5.74, 6) is 1.14. The zero-order valence-corrected chi connectivity index (χ0v) is 15.7. The second-order valence-electron chi connectivity index (χ2n) is 4.80. The van der Waals surface area contributed by atoms with E-state index in [0.717, 1.165) is 21.7 Å². The van der Waals surface area contributed by atoms with Crippen LogP contribution < -0.4 is 14.3 Å². The van der Waals surface area contributed by atoms with Crippen LogP contribution in [0, 0.1) is 0 Å². The summed E-state index contributed by atoms with van der Waals surface area (Å²) in [4.78, 5) is 17.8. The van der Waals surface area contributed by atoms with Crippen molar-refractivity contribution >= 4 is 50.4 Å². The highest BCUT2D eigenvalue weighted by Crippen LogP contribution is 2.35. The van der Waals surface area contributed by atoms with E-state index in [9.17, 15) is 4.79 Å². The molecule has 0 N–H and O–H groups in total. The Kier molecular flexibility index (Phi) is 4.93. The summed E-state index contributed by atoms with van der Waals surface area (Å²) in [7, 11) is 3.24. The highest BCUT2D eigenvalue weighted by atomic mass is 35.5. The van der Waals surface area contributed by atoms with Crippen molar-refractivity contribution in [1.29, 1.82) is 0 Å². The lowest BCUT2D eigenvalue weighted by atomic mass is 10.3. The van der Waals surface area contributed by atoms with Gasteiger partial charge in [-0.2, -0.15) is 4.99 Å². The number of aryl methyl sites for hydroxylation is 1. The van der Waals surface area contributed by atoms with E-state index in [1.54, 1.807) is 26.4 Å². The molecule has 126 valence electrons. The summed E-state index contributed by atoms with van der Waals surface area (Å²) in [6.45, 7) is 2.65.